The fourth-order valence-corrected chi connectivity index (χ4v) is 6.54. The first kappa shape index (κ1) is 24.3. The van der Waals surface area contributed by atoms with Gasteiger partial charge in [-0.25, -0.2) is 4.39 Å². The Morgan fingerprint density at radius 1 is 1.26 bits per heavy atom. The standard InChI is InChI=1S/C25H29F3N4O2S/c1-15-9-19-18-5-3-4-6-21(18)30-24(19)25(32(15)35(2)33)23-20(27)10-17(11-22(23)34-28)29-7-8-31-13-16(12-26)14-31/h3-6,10-11,15-16,25,29-30H,7-9,12-14H2,1-2H3/t15-,25-,35?/m1/s1. The van der Waals surface area contributed by atoms with Crippen molar-refractivity contribution in [2.75, 3.05) is 44.4 Å². The zero-order valence-electron chi connectivity index (χ0n) is 19.7. The van der Waals surface area contributed by atoms with Gasteiger partial charge in [0.05, 0.1) is 18.3 Å². The number of rotatable bonds is 8. The molecule has 2 aliphatic rings. The van der Waals surface area contributed by atoms with Gasteiger partial charge < -0.3 is 19.8 Å². The average Bonchev–Trinajstić information content (AvgIpc) is 3.17. The van der Waals surface area contributed by atoms with Gasteiger partial charge in [-0.2, -0.15) is 0 Å². The van der Waals surface area contributed by atoms with E-state index in [0.717, 1.165) is 16.5 Å². The van der Waals surface area contributed by atoms with E-state index in [1.165, 1.54) is 12.1 Å². The Morgan fingerprint density at radius 2 is 2.03 bits per heavy atom. The van der Waals surface area contributed by atoms with Gasteiger partial charge in [-0.05, 0) is 31.0 Å². The lowest BCUT2D eigenvalue weighted by Gasteiger charge is -2.39. The number of fused-ring (bicyclic) bond motifs is 3. The maximum Gasteiger partial charge on any atom is 0.182 e. The third kappa shape index (κ3) is 4.48. The third-order valence-electron chi connectivity index (χ3n) is 7.06. The van der Waals surface area contributed by atoms with E-state index in [-0.39, 0.29) is 29.9 Å². The highest BCUT2D eigenvalue weighted by Gasteiger charge is 2.44. The molecule has 2 N–H and O–H groups in total. The number of nitrogens with one attached hydrogen (secondary N) is 2. The summed E-state index contributed by atoms with van der Waals surface area (Å²) in [6.07, 6.45) is 2.17. The molecule has 10 heteroatoms. The monoisotopic (exact) mass is 506 g/mol. The highest BCUT2D eigenvalue weighted by atomic mass is 32.2. The topological polar surface area (TPSA) is 66.6 Å². The van der Waals surface area contributed by atoms with Gasteiger partial charge in [-0.1, -0.05) is 18.2 Å². The maximum atomic E-state index is 15.7. The van der Waals surface area contributed by atoms with Crippen LogP contribution in [-0.2, 0) is 17.8 Å². The van der Waals surface area contributed by atoms with E-state index in [9.17, 15) is 13.5 Å². The van der Waals surface area contributed by atoms with E-state index in [4.69, 9.17) is 0 Å². The predicted octanol–water partition coefficient (Wildman–Crippen LogP) is 4.51. The van der Waals surface area contributed by atoms with Crippen LogP contribution in [-0.4, -0.2) is 63.9 Å². The molecule has 2 aliphatic heterocycles. The fourth-order valence-electron chi connectivity index (χ4n) is 5.45. The molecular formula is C25H29F3N4O2S. The van der Waals surface area contributed by atoms with Crippen molar-refractivity contribution >= 4 is 28.0 Å². The molecule has 1 saturated heterocycles. The number of alkyl halides is 1. The number of aromatic nitrogens is 1. The Kier molecular flexibility index (Phi) is 6.89. The number of anilines is 1. The number of aromatic amines is 1. The van der Waals surface area contributed by atoms with Gasteiger partial charge in [0.1, 0.15) is 18.1 Å². The van der Waals surface area contributed by atoms with Crippen molar-refractivity contribution < 1.29 is 22.8 Å². The Morgan fingerprint density at radius 3 is 2.74 bits per heavy atom. The van der Waals surface area contributed by atoms with Crippen LogP contribution >= 0.6 is 0 Å². The van der Waals surface area contributed by atoms with E-state index in [2.05, 4.69) is 20.1 Å². The van der Waals surface area contributed by atoms with Crippen molar-refractivity contribution in [3.05, 3.63) is 59.0 Å². The quantitative estimate of drug-likeness (QED) is 0.440. The molecule has 35 heavy (non-hydrogen) atoms. The molecule has 6 nitrogen and oxygen atoms in total. The first-order valence-electron chi connectivity index (χ1n) is 11.8. The van der Waals surface area contributed by atoms with E-state index in [1.807, 2.05) is 31.2 Å². The summed E-state index contributed by atoms with van der Waals surface area (Å²) in [5.74, 6) is -0.811. The molecule has 0 radical (unpaired) electrons. The van der Waals surface area contributed by atoms with E-state index in [0.29, 0.717) is 44.0 Å². The van der Waals surface area contributed by atoms with Crippen molar-refractivity contribution in [2.24, 2.45) is 5.92 Å². The number of halogens is 3. The lowest BCUT2D eigenvalue weighted by Crippen LogP contribution is -2.49. The van der Waals surface area contributed by atoms with Gasteiger partial charge in [-0.3, -0.25) is 9.33 Å². The highest BCUT2D eigenvalue weighted by Crippen LogP contribution is 2.46. The van der Waals surface area contributed by atoms with Crippen molar-refractivity contribution in [1.29, 1.82) is 0 Å². The molecule has 3 aromatic rings. The van der Waals surface area contributed by atoms with Crippen LogP contribution in [0.1, 0.15) is 29.8 Å². The maximum absolute atomic E-state index is 15.7. The first-order valence-corrected chi connectivity index (χ1v) is 13.3. The number of likely N-dealkylation sites (tertiary alicyclic amines) is 1. The summed E-state index contributed by atoms with van der Waals surface area (Å²) in [7, 11) is 0. The molecule has 0 saturated carbocycles. The number of benzene rings is 2. The van der Waals surface area contributed by atoms with Crippen molar-refractivity contribution in [3.8, 4) is 5.75 Å². The van der Waals surface area contributed by atoms with E-state index >= 15 is 4.39 Å². The Hall–Kier alpha value is -2.40. The normalized spacial score (nSPS) is 22.1. The first-order chi connectivity index (χ1) is 16.9. The zero-order valence-corrected chi connectivity index (χ0v) is 20.5. The number of nitrogens with zero attached hydrogens (tertiary/aromatic N) is 2. The minimum atomic E-state index is -1.45. The molecule has 0 bridgehead atoms. The smallest absolute Gasteiger partial charge is 0.182 e. The van der Waals surface area contributed by atoms with Gasteiger partial charge in [0.15, 0.2) is 5.75 Å². The van der Waals surface area contributed by atoms with Crippen molar-refractivity contribution in [3.63, 3.8) is 0 Å². The molecule has 3 heterocycles. The second-order valence-corrected chi connectivity index (χ2v) is 10.7. The van der Waals surface area contributed by atoms with Crippen molar-refractivity contribution in [2.45, 2.75) is 25.4 Å². The molecule has 0 spiro atoms. The van der Waals surface area contributed by atoms with E-state index < -0.39 is 23.2 Å². The second-order valence-electron chi connectivity index (χ2n) is 9.46. The number of H-pyrrole nitrogens is 1. The number of hydrogen-bond donors (Lipinski definition) is 2. The molecule has 1 fully saturated rings. The fraction of sp³-hybridized carbons (Fsp3) is 0.440. The summed E-state index contributed by atoms with van der Waals surface area (Å²) in [4.78, 5) is 9.65. The van der Waals surface area contributed by atoms with E-state index in [1.54, 1.807) is 10.6 Å². The summed E-state index contributed by atoms with van der Waals surface area (Å²) in [6.45, 7) is 4.22. The third-order valence-corrected chi connectivity index (χ3v) is 8.23. The summed E-state index contributed by atoms with van der Waals surface area (Å²) < 4.78 is 56.6. The summed E-state index contributed by atoms with van der Waals surface area (Å²) >= 11 is -1.45. The average molecular weight is 507 g/mol. The van der Waals surface area contributed by atoms with Crippen LogP contribution in [0.25, 0.3) is 10.9 Å². The van der Waals surface area contributed by atoms with Crippen LogP contribution in [0.5, 0.6) is 5.75 Å². The SMILES string of the molecule is C[C@@H]1Cc2c([nH]c3ccccc23)[C@@H](c2c(F)cc(NCCN3CC(CF)C3)cc2OF)N1[S+](C)[O-]. The minimum absolute atomic E-state index is 0.00105. The van der Waals surface area contributed by atoms with Crippen LogP contribution < -0.4 is 10.3 Å². The predicted molar refractivity (Wildman–Crippen MR) is 132 cm³/mol. The lowest BCUT2D eigenvalue weighted by atomic mass is 9.90. The minimum Gasteiger partial charge on any atom is -0.598 e. The van der Waals surface area contributed by atoms with Gasteiger partial charge in [-0.15, -0.1) is 4.31 Å². The molecule has 1 unspecified atom stereocenters. The Labute approximate surface area is 205 Å². The Balaban J connectivity index is 1.48. The van der Waals surface area contributed by atoms with Gasteiger partial charge >= 0.3 is 0 Å². The molecule has 0 aliphatic carbocycles. The van der Waals surface area contributed by atoms with Gasteiger partial charge in [0, 0.05) is 76.3 Å². The summed E-state index contributed by atoms with van der Waals surface area (Å²) in [5.41, 5.74) is 2.97. The summed E-state index contributed by atoms with van der Waals surface area (Å²) in [6, 6.07) is 9.54. The van der Waals surface area contributed by atoms with Crippen LogP contribution in [0.2, 0.25) is 0 Å². The van der Waals surface area contributed by atoms with Crippen LogP contribution in [0.3, 0.4) is 0 Å². The van der Waals surface area contributed by atoms with Gasteiger partial charge in [0.25, 0.3) is 0 Å². The summed E-state index contributed by atoms with van der Waals surface area (Å²) in [5, 5.41) is 4.12. The molecule has 0 amide bonds. The second kappa shape index (κ2) is 9.93. The van der Waals surface area contributed by atoms with Crippen molar-refractivity contribution in [1.82, 2.24) is 14.2 Å². The number of para-hydroxylation sites is 1. The molecule has 3 atom stereocenters. The largest absolute Gasteiger partial charge is 0.598 e. The van der Waals surface area contributed by atoms with Gasteiger partial charge in [0.2, 0.25) is 0 Å². The molecular weight excluding hydrogens is 477 g/mol. The molecule has 2 aromatic carbocycles. The number of hydrogen-bond acceptors (Lipinski definition) is 5. The Bertz CT molecular complexity index is 1200. The highest BCUT2D eigenvalue weighted by molar-refractivity contribution is 7.88. The van der Waals surface area contributed by atoms with Crippen LogP contribution in [0, 0.1) is 11.7 Å². The van der Waals surface area contributed by atoms with Crippen LogP contribution in [0.15, 0.2) is 36.4 Å². The lowest BCUT2D eigenvalue weighted by molar-refractivity contribution is -0.00883. The molecule has 188 valence electrons. The molecule has 5 rings (SSSR count). The molecule has 1 aromatic heterocycles. The zero-order chi connectivity index (χ0) is 24.7. The van der Waals surface area contributed by atoms with Crippen LogP contribution in [0.4, 0.5) is 19.0 Å².